The fourth-order valence-corrected chi connectivity index (χ4v) is 5.20. The van der Waals surface area contributed by atoms with Crippen molar-refractivity contribution >= 4 is 11.6 Å². The van der Waals surface area contributed by atoms with Crippen LogP contribution in [0.15, 0.2) is 0 Å². The molecule has 0 aromatic heterocycles. The maximum Gasteiger partial charge on any atom is 0.121 e. The fraction of sp³-hybridized carbons (Fsp3) is 1.00. The predicted octanol–water partition coefficient (Wildman–Crippen LogP) is 4.83. The van der Waals surface area contributed by atoms with Gasteiger partial charge in [-0.05, 0) is 62.2 Å². The zero-order valence-electron chi connectivity index (χ0n) is 11.5. The van der Waals surface area contributed by atoms with E-state index < -0.39 is 0 Å². The first-order valence-electron chi connectivity index (χ1n) is 7.48. The van der Waals surface area contributed by atoms with Gasteiger partial charge in [0.15, 0.2) is 0 Å². The Kier molecular flexibility index (Phi) is 4.41. The summed E-state index contributed by atoms with van der Waals surface area (Å²) >= 11 is 5.84. The molecule has 0 heterocycles. The molecule has 4 saturated carbocycles. The van der Waals surface area contributed by atoms with Crippen molar-refractivity contribution in [1.82, 2.24) is 0 Å². The summed E-state index contributed by atoms with van der Waals surface area (Å²) in [7, 11) is 0. The van der Waals surface area contributed by atoms with Gasteiger partial charge in [0, 0.05) is 0 Å². The minimum absolute atomic E-state index is 0.162. The minimum Gasteiger partial charge on any atom is -0.359 e. The molecule has 0 spiro atoms. The molecule has 0 atom stereocenters. The summed E-state index contributed by atoms with van der Waals surface area (Å²) in [5.41, 5.74) is 0.162. The zero-order valence-corrected chi connectivity index (χ0v) is 12.3. The highest BCUT2D eigenvalue weighted by atomic mass is 35.5. The van der Waals surface area contributed by atoms with Gasteiger partial charge in [-0.2, -0.15) is 0 Å². The Morgan fingerprint density at radius 2 is 1.47 bits per heavy atom. The van der Waals surface area contributed by atoms with Gasteiger partial charge in [-0.3, -0.25) is 0 Å². The summed E-state index contributed by atoms with van der Waals surface area (Å²) in [6.07, 6.45) is 8.33. The van der Waals surface area contributed by atoms with E-state index in [1.165, 1.54) is 32.1 Å². The zero-order chi connectivity index (χ0) is 12.5. The van der Waals surface area contributed by atoms with Gasteiger partial charge in [0.1, 0.15) is 6.07 Å². The molecule has 0 saturated heterocycles. The molecular formula is C15H27ClO. The third-order valence-electron chi connectivity index (χ3n) is 5.40. The van der Waals surface area contributed by atoms with Crippen LogP contribution in [-0.4, -0.2) is 11.7 Å². The van der Waals surface area contributed by atoms with Crippen LogP contribution in [0.2, 0.25) is 0 Å². The largest absolute Gasteiger partial charge is 0.359 e. The maximum absolute atomic E-state index is 6.02. The number of rotatable bonds is 3. The van der Waals surface area contributed by atoms with E-state index in [1.54, 1.807) is 0 Å². The molecule has 0 N–H and O–H groups in total. The highest BCUT2D eigenvalue weighted by Gasteiger charge is 2.56. The summed E-state index contributed by atoms with van der Waals surface area (Å²) in [5.74, 6) is 3.67. The van der Waals surface area contributed by atoms with E-state index in [0.29, 0.717) is 6.07 Å². The van der Waals surface area contributed by atoms with Crippen molar-refractivity contribution in [2.24, 2.45) is 23.7 Å². The van der Waals surface area contributed by atoms with Gasteiger partial charge in [0.25, 0.3) is 0 Å². The summed E-state index contributed by atoms with van der Waals surface area (Å²) < 4.78 is 6.02. The molecule has 4 aliphatic carbocycles. The first-order chi connectivity index (χ1) is 8.28. The standard InChI is InChI=1S/C13H21ClO.C2H6/c1-2-13(15-8-14)11-4-9-3-10(6-11)7-12(13)5-9;1-2/h9-12H,2-8H2,1H3;1-2H3. The number of alkyl halides is 1. The highest BCUT2D eigenvalue weighted by molar-refractivity contribution is 6.17. The molecule has 0 radical (unpaired) electrons. The van der Waals surface area contributed by atoms with Crippen molar-refractivity contribution in [1.29, 1.82) is 0 Å². The number of ether oxygens (including phenoxy) is 1. The normalized spacial score (nSPS) is 46.6. The van der Waals surface area contributed by atoms with Crippen LogP contribution >= 0.6 is 11.6 Å². The molecule has 0 aromatic rings. The van der Waals surface area contributed by atoms with Crippen molar-refractivity contribution in [3.63, 3.8) is 0 Å². The maximum atomic E-state index is 6.02. The van der Waals surface area contributed by atoms with Crippen LogP contribution in [0.3, 0.4) is 0 Å². The van der Waals surface area contributed by atoms with E-state index in [0.717, 1.165) is 30.1 Å². The van der Waals surface area contributed by atoms with Crippen LogP contribution in [0.4, 0.5) is 0 Å². The van der Waals surface area contributed by atoms with Gasteiger partial charge in [-0.1, -0.05) is 32.4 Å². The van der Waals surface area contributed by atoms with Crippen LogP contribution in [0.25, 0.3) is 0 Å². The average molecular weight is 259 g/mol. The van der Waals surface area contributed by atoms with Gasteiger partial charge in [-0.25, -0.2) is 0 Å². The summed E-state index contributed by atoms with van der Waals surface area (Å²) in [6.45, 7) is 6.29. The second-order valence-electron chi connectivity index (χ2n) is 5.87. The van der Waals surface area contributed by atoms with Crippen molar-refractivity contribution in [2.45, 2.75) is 64.9 Å². The predicted molar refractivity (Wildman–Crippen MR) is 73.2 cm³/mol. The van der Waals surface area contributed by atoms with Crippen molar-refractivity contribution in [3.05, 3.63) is 0 Å². The summed E-state index contributed by atoms with van der Waals surface area (Å²) in [6, 6.07) is 0.385. The number of halogens is 1. The van der Waals surface area contributed by atoms with E-state index in [4.69, 9.17) is 16.3 Å². The van der Waals surface area contributed by atoms with E-state index >= 15 is 0 Å². The van der Waals surface area contributed by atoms with Crippen molar-refractivity contribution < 1.29 is 4.74 Å². The Morgan fingerprint density at radius 1 is 1.00 bits per heavy atom. The third kappa shape index (κ3) is 2.14. The van der Waals surface area contributed by atoms with E-state index in [9.17, 15) is 0 Å². The van der Waals surface area contributed by atoms with Crippen LogP contribution < -0.4 is 0 Å². The Balaban J connectivity index is 0.000000514. The summed E-state index contributed by atoms with van der Waals surface area (Å²) in [4.78, 5) is 0. The van der Waals surface area contributed by atoms with Crippen molar-refractivity contribution in [2.75, 3.05) is 6.07 Å². The minimum atomic E-state index is 0.162. The second-order valence-corrected chi connectivity index (χ2v) is 6.08. The van der Waals surface area contributed by atoms with Gasteiger partial charge in [0.2, 0.25) is 0 Å². The lowest BCUT2D eigenvalue weighted by molar-refractivity contribution is -0.196. The number of hydrogen-bond acceptors (Lipinski definition) is 1. The van der Waals surface area contributed by atoms with Gasteiger partial charge in [0.05, 0.1) is 5.60 Å². The van der Waals surface area contributed by atoms with E-state index in [-0.39, 0.29) is 5.60 Å². The molecule has 4 aliphatic rings. The molecule has 0 aromatic carbocycles. The van der Waals surface area contributed by atoms with Gasteiger partial charge >= 0.3 is 0 Å². The first-order valence-corrected chi connectivity index (χ1v) is 8.02. The Labute approximate surface area is 111 Å². The van der Waals surface area contributed by atoms with Crippen LogP contribution in [-0.2, 0) is 4.74 Å². The van der Waals surface area contributed by atoms with Gasteiger partial charge in [-0.15, -0.1) is 0 Å². The smallest absolute Gasteiger partial charge is 0.121 e. The lowest BCUT2D eigenvalue weighted by Crippen LogP contribution is -2.58. The molecule has 4 rings (SSSR count). The lowest BCUT2D eigenvalue weighted by atomic mass is 9.49. The van der Waals surface area contributed by atoms with E-state index in [1.807, 2.05) is 13.8 Å². The molecule has 0 aliphatic heterocycles. The Bertz CT molecular complexity index is 223. The Hall–Kier alpha value is 0.250. The molecule has 2 heteroatoms. The molecule has 4 fully saturated rings. The monoisotopic (exact) mass is 258 g/mol. The van der Waals surface area contributed by atoms with Gasteiger partial charge < -0.3 is 4.74 Å². The fourth-order valence-electron chi connectivity index (χ4n) is 5.00. The quantitative estimate of drug-likeness (QED) is 0.659. The second kappa shape index (κ2) is 5.48. The van der Waals surface area contributed by atoms with Crippen molar-refractivity contribution in [3.8, 4) is 0 Å². The van der Waals surface area contributed by atoms with Crippen LogP contribution in [0.1, 0.15) is 59.3 Å². The topological polar surface area (TPSA) is 9.23 Å². The molecular weight excluding hydrogens is 232 g/mol. The number of hydrogen-bond donors (Lipinski definition) is 0. The third-order valence-corrected chi connectivity index (χ3v) is 5.51. The van der Waals surface area contributed by atoms with Crippen LogP contribution in [0, 0.1) is 23.7 Å². The highest BCUT2D eigenvalue weighted by Crippen LogP contribution is 2.60. The Morgan fingerprint density at radius 3 is 1.82 bits per heavy atom. The molecule has 17 heavy (non-hydrogen) atoms. The molecule has 1 nitrogen and oxygen atoms in total. The molecule has 100 valence electrons. The SMILES string of the molecule is CC.CCC1(OCCl)C2CC3CC(C2)CC1C3. The van der Waals surface area contributed by atoms with Crippen LogP contribution in [0.5, 0.6) is 0 Å². The summed E-state index contributed by atoms with van der Waals surface area (Å²) in [5, 5.41) is 0. The molecule has 0 unspecified atom stereocenters. The van der Waals surface area contributed by atoms with E-state index in [2.05, 4.69) is 6.92 Å². The average Bonchev–Trinajstić information content (AvgIpc) is 2.36. The molecule has 0 amide bonds. The molecule has 4 bridgehead atoms. The first kappa shape index (κ1) is 13.7. The lowest BCUT2D eigenvalue weighted by Gasteiger charge is -2.60.